The molecule has 0 bridgehead atoms. The Labute approximate surface area is 230 Å². The maximum Gasteiger partial charge on any atom is 0.0641 e. The fraction of sp³-hybridized carbons (Fsp3) is 0. The van der Waals surface area contributed by atoms with Crippen LogP contribution in [-0.2, 0) is 0 Å². The Morgan fingerprint density at radius 3 is 2.08 bits per heavy atom. The zero-order valence-electron chi connectivity index (χ0n) is 21.6. The third kappa shape index (κ3) is 2.86. The number of aromatic nitrogens is 3. The van der Waals surface area contributed by atoms with E-state index in [-0.39, 0.29) is 0 Å². The largest absolute Gasteiger partial charge is 0.309 e. The molecule has 186 valence electrons. The van der Waals surface area contributed by atoms with Crippen LogP contribution in [0.1, 0.15) is 0 Å². The van der Waals surface area contributed by atoms with Gasteiger partial charge in [-0.05, 0) is 65.0 Å². The van der Waals surface area contributed by atoms with Crippen molar-refractivity contribution in [1.82, 2.24) is 14.0 Å². The summed E-state index contributed by atoms with van der Waals surface area (Å²) in [7, 11) is 0. The van der Waals surface area contributed by atoms with Crippen LogP contribution in [0.5, 0.6) is 0 Å². The van der Waals surface area contributed by atoms with E-state index in [1.165, 1.54) is 65.5 Å². The van der Waals surface area contributed by atoms with Crippen LogP contribution < -0.4 is 0 Å². The lowest BCUT2D eigenvalue weighted by Gasteiger charge is -2.13. The highest BCUT2D eigenvalue weighted by atomic mass is 15.0. The van der Waals surface area contributed by atoms with E-state index < -0.39 is 0 Å². The molecule has 0 saturated heterocycles. The Morgan fingerprint density at radius 2 is 1.20 bits per heavy atom. The van der Waals surface area contributed by atoms with Crippen molar-refractivity contribution in [2.24, 2.45) is 0 Å². The molecule has 0 radical (unpaired) electrons. The minimum absolute atomic E-state index is 1.15. The third-order valence-electron chi connectivity index (χ3n) is 8.36. The van der Waals surface area contributed by atoms with Crippen molar-refractivity contribution in [3.05, 3.63) is 140 Å². The maximum atomic E-state index is 4.21. The second kappa shape index (κ2) is 8.05. The molecular formula is C37H23N3. The minimum atomic E-state index is 1.15. The number of benzene rings is 5. The summed E-state index contributed by atoms with van der Waals surface area (Å²) >= 11 is 0. The normalized spacial score (nSPS) is 12.0. The van der Waals surface area contributed by atoms with E-state index >= 15 is 0 Å². The number of rotatable bonds is 2. The molecule has 4 heterocycles. The number of hydrogen-bond donors (Lipinski definition) is 0. The van der Waals surface area contributed by atoms with Gasteiger partial charge in [0.2, 0.25) is 0 Å². The number of fused-ring (bicyclic) bond motifs is 12. The first-order valence-electron chi connectivity index (χ1n) is 13.6. The fourth-order valence-corrected chi connectivity index (χ4v) is 6.67. The molecule has 0 aliphatic carbocycles. The maximum absolute atomic E-state index is 4.21. The molecule has 0 unspecified atom stereocenters. The summed E-state index contributed by atoms with van der Waals surface area (Å²) in [6.07, 6.45) is 3.71. The summed E-state index contributed by atoms with van der Waals surface area (Å²) in [5.41, 5.74) is 9.63. The molecule has 3 heteroatoms. The number of nitrogens with zero attached hydrogens (tertiary/aromatic N) is 3. The molecule has 0 amide bonds. The molecule has 4 aromatic heterocycles. The summed E-state index contributed by atoms with van der Waals surface area (Å²) in [6.45, 7) is 0. The molecule has 0 N–H and O–H groups in total. The molecule has 9 aromatic rings. The molecule has 0 fully saturated rings. The predicted octanol–water partition coefficient (Wildman–Crippen LogP) is 9.56. The van der Waals surface area contributed by atoms with Gasteiger partial charge in [-0.15, -0.1) is 0 Å². The van der Waals surface area contributed by atoms with E-state index in [0.717, 1.165) is 11.3 Å². The SMILES string of the molecule is c1cc(-c2ccncc2)cc(-n2c3ccccc3c3c2ccc2c4ccccc4c4cc5ccccc5n4c23)c1. The molecule has 0 saturated carbocycles. The number of para-hydroxylation sites is 2. The predicted molar refractivity (Wildman–Crippen MR) is 167 cm³/mol. The van der Waals surface area contributed by atoms with Crippen molar-refractivity contribution in [2.75, 3.05) is 0 Å². The highest BCUT2D eigenvalue weighted by molar-refractivity contribution is 6.27. The van der Waals surface area contributed by atoms with Crippen LogP contribution in [-0.4, -0.2) is 14.0 Å². The average molecular weight is 510 g/mol. The van der Waals surface area contributed by atoms with Crippen LogP contribution in [0, 0.1) is 0 Å². The van der Waals surface area contributed by atoms with E-state index in [1.807, 2.05) is 12.4 Å². The van der Waals surface area contributed by atoms with Gasteiger partial charge in [-0.3, -0.25) is 4.98 Å². The van der Waals surface area contributed by atoms with Crippen LogP contribution in [0.2, 0.25) is 0 Å². The first kappa shape index (κ1) is 21.5. The molecule has 0 aliphatic heterocycles. The van der Waals surface area contributed by atoms with Gasteiger partial charge >= 0.3 is 0 Å². The van der Waals surface area contributed by atoms with Gasteiger partial charge < -0.3 is 8.97 Å². The van der Waals surface area contributed by atoms with Gasteiger partial charge in [0.15, 0.2) is 0 Å². The zero-order chi connectivity index (χ0) is 26.2. The smallest absolute Gasteiger partial charge is 0.0641 e. The van der Waals surface area contributed by atoms with Gasteiger partial charge in [0.1, 0.15) is 0 Å². The summed E-state index contributed by atoms with van der Waals surface area (Å²) < 4.78 is 4.90. The molecular weight excluding hydrogens is 486 g/mol. The van der Waals surface area contributed by atoms with Crippen molar-refractivity contribution in [1.29, 1.82) is 0 Å². The first-order chi connectivity index (χ1) is 19.9. The van der Waals surface area contributed by atoms with E-state index in [4.69, 9.17) is 0 Å². The monoisotopic (exact) mass is 509 g/mol. The average Bonchev–Trinajstić information content (AvgIpc) is 3.58. The standard InChI is InChI=1S/C37H23N3/c1-5-14-32-26(8-1)23-35-29-12-3-2-11-28(29)30-16-17-34-36(37(30)40(32)35)31-13-4-6-15-33(31)39(34)27-10-7-9-25(22-27)24-18-20-38-21-19-24/h1-23H. The second-order valence-electron chi connectivity index (χ2n) is 10.5. The summed E-state index contributed by atoms with van der Waals surface area (Å²) in [4.78, 5) is 4.21. The molecule has 0 spiro atoms. The highest BCUT2D eigenvalue weighted by Gasteiger charge is 2.20. The molecule has 40 heavy (non-hydrogen) atoms. The van der Waals surface area contributed by atoms with Crippen molar-refractivity contribution >= 4 is 59.9 Å². The Bertz CT molecular complexity index is 2430. The van der Waals surface area contributed by atoms with Gasteiger partial charge in [-0.25, -0.2) is 0 Å². The van der Waals surface area contributed by atoms with Crippen molar-refractivity contribution in [3.63, 3.8) is 0 Å². The van der Waals surface area contributed by atoms with E-state index in [0.29, 0.717) is 0 Å². The quantitative estimate of drug-likeness (QED) is 0.213. The Morgan fingerprint density at radius 1 is 0.450 bits per heavy atom. The van der Waals surface area contributed by atoms with Crippen LogP contribution in [0.3, 0.4) is 0 Å². The van der Waals surface area contributed by atoms with Crippen LogP contribution in [0.25, 0.3) is 76.7 Å². The van der Waals surface area contributed by atoms with Crippen LogP contribution >= 0.6 is 0 Å². The fourth-order valence-electron chi connectivity index (χ4n) is 6.67. The third-order valence-corrected chi connectivity index (χ3v) is 8.36. The summed E-state index contributed by atoms with van der Waals surface area (Å²) in [6, 6.07) is 46.3. The lowest BCUT2D eigenvalue weighted by atomic mass is 10.0. The Kier molecular flexibility index (Phi) is 4.33. The lowest BCUT2D eigenvalue weighted by Crippen LogP contribution is -1.95. The van der Waals surface area contributed by atoms with Gasteiger partial charge in [-0.2, -0.15) is 0 Å². The molecule has 0 atom stereocenters. The molecule has 9 rings (SSSR count). The van der Waals surface area contributed by atoms with Crippen molar-refractivity contribution in [3.8, 4) is 16.8 Å². The van der Waals surface area contributed by atoms with Gasteiger partial charge in [0.25, 0.3) is 0 Å². The van der Waals surface area contributed by atoms with Gasteiger partial charge in [0, 0.05) is 45.0 Å². The zero-order valence-corrected chi connectivity index (χ0v) is 21.6. The number of pyridine rings is 2. The van der Waals surface area contributed by atoms with Crippen LogP contribution in [0.4, 0.5) is 0 Å². The van der Waals surface area contributed by atoms with Crippen LogP contribution in [0.15, 0.2) is 140 Å². The van der Waals surface area contributed by atoms with E-state index in [9.17, 15) is 0 Å². The summed E-state index contributed by atoms with van der Waals surface area (Å²) in [5.74, 6) is 0. The van der Waals surface area contributed by atoms with Gasteiger partial charge in [0.05, 0.1) is 27.6 Å². The Hall–Kier alpha value is -5.41. The van der Waals surface area contributed by atoms with Gasteiger partial charge in [-0.1, -0.05) is 78.9 Å². The number of hydrogen-bond acceptors (Lipinski definition) is 1. The second-order valence-corrected chi connectivity index (χ2v) is 10.5. The van der Waals surface area contributed by atoms with Crippen molar-refractivity contribution in [2.45, 2.75) is 0 Å². The van der Waals surface area contributed by atoms with E-state index in [2.05, 4.69) is 141 Å². The lowest BCUT2D eigenvalue weighted by molar-refractivity contribution is 1.18. The minimum Gasteiger partial charge on any atom is -0.309 e. The molecule has 3 nitrogen and oxygen atoms in total. The first-order valence-corrected chi connectivity index (χ1v) is 13.6. The van der Waals surface area contributed by atoms with Crippen molar-refractivity contribution < 1.29 is 0 Å². The summed E-state index contributed by atoms with van der Waals surface area (Å²) in [5, 5.41) is 7.62. The topological polar surface area (TPSA) is 22.2 Å². The Balaban J connectivity index is 1.50. The highest BCUT2D eigenvalue weighted by Crippen LogP contribution is 2.42. The van der Waals surface area contributed by atoms with E-state index in [1.54, 1.807) is 0 Å². The molecule has 0 aliphatic rings. The molecule has 5 aromatic carbocycles.